The lowest BCUT2D eigenvalue weighted by atomic mass is 9.89. The Morgan fingerprint density at radius 3 is 2.87 bits per heavy atom. The molecular formula is C25H26FN3O. The van der Waals surface area contributed by atoms with E-state index >= 15 is 0 Å². The molecule has 30 heavy (non-hydrogen) atoms. The van der Waals surface area contributed by atoms with Gasteiger partial charge >= 0.3 is 0 Å². The molecule has 0 amide bonds. The van der Waals surface area contributed by atoms with Gasteiger partial charge in [0, 0.05) is 29.9 Å². The SMILES string of the molecule is CC(C)N1CCCC(c2ccc3[nH]c(C(=O)Cc4cc(F)cc(C#N)c4)cc3c2)C1. The van der Waals surface area contributed by atoms with Crippen LogP contribution in [0.25, 0.3) is 10.9 Å². The van der Waals surface area contributed by atoms with E-state index in [4.69, 9.17) is 5.26 Å². The second-order valence-corrected chi connectivity index (χ2v) is 8.52. The van der Waals surface area contributed by atoms with Crippen LogP contribution >= 0.6 is 0 Å². The fourth-order valence-corrected chi connectivity index (χ4v) is 4.40. The van der Waals surface area contributed by atoms with Gasteiger partial charge in [-0.3, -0.25) is 4.79 Å². The lowest BCUT2D eigenvalue weighted by molar-refractivity contribution is 0.0989. The minimum absolute atomic E-state index is 0.0537. The Balaban J connectivity index is 1.54. The third-order valence-corrected chi connectivity index (χ3v) is 6.05. The lowest BCUT2D eigenvalue weighted by Gasteiger charge is -2.35. The van der Waals surface area contributed by atoms with E-state index in [0.717, 1.165) is 24.0 Å². The number of nitrogens with one attached hydrogen (secondary N) is 1. The molecule has 0 radical (unpaired) electrons. The average molecular weight is 404 g/mol. The molecule has 1 aromatic heterocycles. The van der Waals surface area contributed by atoms with Crippen molar-refractivity contribution < 1.29 is 9.18 Å². The van der Waals surface area contributed by atoms with E-state index in [0.29, 0.717) is 23.2 Å². The first-order valence-electron chi connectivity index (χ1n) is 10.5. The highest BCUT2D eigenvalue weighted by Gasteiger charge is 2.23. The summed E-state index contributed by atoms with van der Waals surface area (Å²) in [6.45, 7) is 6.72. The summed E-state index contributed by atoms with van der Waals surface area (Å²) in [7, 11) is 0. The van der Waals surface area contributed by atoms with E-state index < -0.39 is 5.82 Å². The second-order valence-electron chi connectivity index (χ2n) is 8.52. The molecule has 0 bridgehead atoms. The van der Waals surface area contributed by atoms with Gasteiger partial charge in [0.1, 0.15) is 5.82 Å². The number of Topliss-reactive ketones (excluding diaryl/α,β-unsaturated/α-hetero) is 1. The Morgan fingerprint density at radius 1 is 1.27 bits per heavy atom. The molecule has 1 saturated heterocycles. The number of benzene rings is 2. The monoisotopic (exact) mass is 403 g/mol. The van der Waals surface area contributed by atoms with Crippen LogP contribution in [0.3, 0.4) is 0 Å². The third kappa shape index (κ3) is 4.29. The van der Waals surface area contributed by atoms with Gasteiger partial charge in [-0.25, -0.2) is 4.39 Å². The highest BCUT2D eigenvalue weighted by atomic mass is 19.1. The summed E-state index contributed by atoms with van der Waals surface area (Å²) in [6.07, 6.45) is 2.44. The first-order chi connectivity index (χ1) is 14.4. The lowest BCUT2D eigenvalue weighted by Crippen LogP contribution is -2.39. The number of likely N-dealkylation sites (tertiary alicyclic amines) is 1. The summed E-state index contributed by atoms with van der Waals surface area (Å²) >= 11 is 0. The first kappa shape index (κ1) is 20.3. The summed E-state index contributed by atoms with van der Waals surface area (Å²) < 4.78 is 13.7. The van der Waals surface area contributed by atoms with Crippen LogP contribution in [-0.4, -0.2) is 34.8 Å². The predicted octanol–water partition coefficient (Wildman–Crippen LogP) is 5.19. The highest BCUT2D eigenvalue weighted by Crippen LogP contribution is 2.30. The fraction of sp³-hybridized carbons (Fsp3) is 0.360. The van der Waals surface area contributed by atoms with Crippen molar-refractivity contribution in [3.05, 3.63) is 70.7 Å². The van der Waals surface area contributed by atoms with Crippen LogP contribution in [0.15, 0.2) is 42.5 Å². The number of rotatable bonds is 5. The van der Waals surface area contributed by atoms with Crippen molar-refractivity contribution in [3.8, 4) is 6.07 Å². The maximum absolute atomic E-state index is 13.7. The van der Waals surface area contributed by atoms with Crippen molar-refractivity contribution in [2.75, 3.05) is 13.1 Å². The van der Waals surface area contributed by atoms with Gasteiger partial charge in [-0.15, -0.1) is 0 Å². The van der Waals surface area contributed by atoms with Crippen molar-refractivity contribution in [2.24, 2.45) is 0 Å². The van der Waals surface area contributed by atoms with E-state index in [1.807, 2.05) is 18.2 Å². The molecule has 4 nitrogen and oxygen atoms in total. The quantitative estimate of drug-likeness (QED) is 0.596. The molecule has 0 aliphatic carbocycles. The van der Waals surface area contributed by atoms with Crippen molar-refractivity contribution in [3.63, 3.8) is 0 Å². The molecule has 1 aliphatic rings. The number of halogens is 1. The van der Waals surface area contributed by atoms with Crippen LogP contribution in [0.4, 0.5) is 4.39 Å². The molecule has 0 saturated carbocycles. The average Bonchev–Trinajstić information content (AvgIpc) is 3.17. The highest BCUT2D eigenvalue weighted by molar-refractivity contribution is 6.00. The fourth-order valence-electron chi connectivity index (χ4n) is 4.40. The second kappa shape index (κ2) is 8.41. The molecular weight excluding hydrogens is 377 g/mol. The summed E-state index contributed by atoms with van der Waals surface area (Å²) in [5, 5.41) is 10.0. The van der Waals surface area contributed by atoms with E-state index in [1.165, 1.54) is 30.5 Å². The van der Waals surface area contributed by atoms with E-state index in [1.54, 1.807) is 6.07 Å². The van der Waals surface area contributed by atoms with Gasteiger partial charge < -0.3 is 9.88 Å². The van der Waals surface area contributed by atoms with Gasteiger partial charge in [0.2, 0.25) is 0 Å². The van der Waals surface area contributed by atoms with Crippen molar-refractivity contribution >= 4 is 16.7 Å². The number of piperidine rings is 1. The molecule has 2 aromatic carbocycles. The number of hydrogen-bond acceptors (Lipinski definition) is 3. The molecule has 4 rings (SSSR count). The Labute approximate surface area is 176 Å². The normalized spacial score (nSPS) is 17.4. The molecule has 1 N–H and O–H groups in total. The standard InChI is InChI=1S/C25H26FN3O/c1-16(2)29-7-3-4-20(15-29)19-5-6-23-21(12-19)13-24(28-23)25(30)11-17-8-18(14-27)10-22(26)9-17/h5-6,8-10,12-13,16,20,28H,3-4,7,11,15H2,1-2H3. The Bertz CT molecular complexity index is 1130. The number of nitriles is 1. The van der Waals surface area contributed by atoms with E-state index in [9.17, 15) is 9.18 Å². The number of aromatic amines is 1. The zero-order valence-electron chi connectivity index (χ0n) is 17.4. The molecule has 3 aromatic rings. The predicted molar refractivity (Wildman–Crippen MR) is 116 cm³/mol. The summed E-state index contributed by atoms with van der Waals surface area (Å²) in [4.78, 5) is 18.5. The number of H-pyrrole nitrogens is 1. The molecule has 154 valence electrons. The Hall–Kier alpha value is -2.97. The molecule has 1 unspecified atom stereocenters. The van der Waals surface area contributed by atoms with E-state index in [2.05, 4.69) is 35.9 Å². The van der Waals surface area contributed by atoms with Gasteiger partial charge in [0.05, 0.1) is 17.3 Å². The molecule has 1 aliphatic heterocycles. The maximum Gasteiger partial charge on any atom is 0.183 e. The largest absolute Gasteiger partial charge is 0.352 e. The summed E-state index contributed by atoms with van der Waals surface area (Å²) in [6, 6.07) is 14.8. The minimum Gasteiger partial charge on any atom is -0.352 e. The van der Waals surface area contributed by atoms with Crippen LogP contribution in [0.5, 0.6) is 0 Å². The van der Waals surface area contributed by atoms with Crippen LogP contribution < -0.4 is 0 Å². The van der Waals surface area contributed by atoms with Crippen LogP contribution in [0.2, 0.25) is 0 Å². The minimum atomic E-state index is -0.499. The van der Waals surface area contributed by atoms with Crippen molar-refractivity contribution in [2.45, 2.75) is 45.1 Å². The Morgan fingerprint density at radius 2 is 2.10 bits per heavy atom. The third-order valence-electron chi connectivity index (χ3n) is 6.05. The Kier molecular flexibility index (Phi) is 5.69. The summed E-state index contributed by atoms with van der Waals surface area (Å²) in [5.41, 5.74) is 3.48. The topological polar surface area (TPSA) is 59.9 Å². The van der Waals surface area contributed by atoms with Gasteiger partial charge in [0.25, 0.3) is 0 Å². The number of nitrogens with zero attached hydrogens (tertiary/aromatic N) is 2. The van der Waals surface area contributed by atoms with Crippen LogP contribution in [0, 0.1) is 17.1 Å². The zero-order chi connectivity index (χ0) is 21.3. The van der Waals surface area contributed by atoms with Crippen molar-refractivity contribution in [1.29, 1.82) is 5.26 Å². The molecule has 1 atom stereocenters. The van der Waals surface area contributed by atoms with E-state index in [-0.39, 0.29) is 17.8 Å². The van der Waals surface area contributed by atoms with Crippen molar-refractivity contribution in [1.82, 2.24) is 9.88 Å². The van der Waals surface area contributed by atoms with Gasteiger partial charge in [0.15, 0.2) is 5.78 Å². The number of carbonyl (C=O) groups is 1. The maximum atomic E-state index is 13.7. The summed E-state index contributed by atoms with van der Waals surface area (Å²) in [5.74, 6) is -0.108. The number of carbonyl (C=O) groups excluding carboxylic acids is 1. The molecule has 1 fully saturated rings. The van der Waals surface area contributed by atoms with Crippen LogP contribution in [-0.2, 0) is 6.42 Å². The smallest absolute Gasteiger partial charge is 0.183 e. The number of hydrogen-bond donors (Lipinski definition) is 1. The number of aromatic nitrogens is 1. The van der Waals surface area contributed by atoms with Gasteiger partial charge in [-0.05, 0) is 86.7 Å². The zero-order valence-corrected chi connectivity index (χ0v) is 17.4. The molecule has 0 spiro atoms. The number of ketones is 1. The van der Waals surface area contributed by atoms with Gasteiger partial charge in [-0.1, -0.05) is 6.07 Å². The first-order valence-corrected chi connectivity index (χ1v) is 10.5. The molecule has 5 heteroatoms. The number of fused-ring (bicyclic) bond motifs is 1. The molecule has 2 heterocycles. The van der Waals surface area contributed by atoms with Gasteiger partial charge in [-0.2, -0.15) is 5.26 Å². The van der Waals surface area contributed by atoms with Crippen LogP contribution in [0.1, 0.15) is 59.8 Å².